The molecular weight excluding hydrogens is 358 g/mol. The van der Waals surface area contributed by atoms with Crippen LogP contribution in [0.3, 0.4) is 0 Å². The summed E-state index contributed by atoms with van der Waals surface area (Å²) in [5.74, 6) is 6.26. The molecule has 0 aliphatic rings. The summed E-state index contributed by atoms with van der Waals surface area (Å²) in [6, 6.07) is 22.6. The van der Waals surface area contributed by atoms with Gasteiger partial charge < -0.3 is 23.6 Å². The molecule has 0 bridgehead atoms. The second-order valence-electron chi connectivity index (χ2n) is 6.07. The van der Waals surface area contributed by atoms with Crippen molar-refractivity contribution in [2.24, 2.45) is 5.84 Å². The van der Waals surface area contributed by atoms with E-state index in [1.165, 1.54) is 5.56 Å². The van der Waals surface area contributed by atoms with Crippen molar-refractivity contribution in [3.63, 3.8) is 0 Å². The molecule has 0 aliphatic heterocycles. The minimum Gasteiger partial charge on any atom is -1.00 e. The lowest BCUT2D eigenvalue weighted by Crippen LogP contribution is -3.00. The van der Waals surface area contributed by atoms with Crippen LogP contribution in [-0.4, -0.2) is 9.97 Å². The van der Waals surface area contributed by atoms with Crippen LogP contribution in [-0.2, 0) is 6.54 Å². The fourth-order valence-corrected chi connectivity index (χ4v) is 3.10. The number of quaternary nitrogens is 1. The summed E-state index contributed by atoms with van der Waals surface area (Å²) in [5.41, 5.74) is 12.8. The maximum absolute atomic E-state index is 5.64. The van der Waals surface area contributed by atoms with Crippen LogP contribution in [0.2, 0.25) is 0 Å². The number of hydrogen-bond donors (Lipinski definition) is 3. The third kappa shape index (κ3) is 3.61. The van der Waals surface area contributed by atoms with Crippen molar-refractivity contribution in [3.05, 3.63) is 78.5 Å². The summed E-state index contributed by atoms with van der Waals surface area (Å²) in [6.45, 7) is 0.772. The largest absolute Gasteiger partial charge is 1.00 e. The van der Waals surface area contributed by atoms with Crippen molar-refractivity contribution in [2.45, 2.75) is 6.54 Å². The van der Waals surface area contributed by atoms with Crippen molar-refractivity contribution >= 4 is 16.7 Å². The molecule has 0 radical (unpaired) electrons. The first-order chi connectivity index (χ1) is 12.8. The lowest BCUT2D eigenvalue weighted by Gasteiger charge is -2.13. The Hall–Kier alpha value is -2.99. The Kier molecular flexibility index (Phi) is 5.66. The molecule has 0 fully saturated rings. The number of nitrogen functional groups attached to an aromatic ring is 1. The number of nitrogens with zero attached hydrogens (tertiary/aromatic N) is 2. The van der Waals surface area contributed by atoms with Crippen LogP contribution in [0.5, 0.6) is 0 Å². The minimum atomic E-state index is 0. The minimum absolute atomic E-state index is 0. The number of pyridine rings is 2. The number of rotatable bonds is 4. The van der Waals surface area contributed by atoms with Gasteiger partial charge in [0.1, 0.15) is 5.82 Å². The zero-order valence-electron chi connectivity index (χ0n) is 14.7. The summed E-state index contributed by atoms with van der Waals surface area (Å²) in [4.78, 5) is 9.24. The van der Waals surface area contributed by atoms with Gasteiger partial charge in [-0.1, -0.05) is 54.6 Å². The lowest BCUT2D eigenvalue weighted by molar-refractivity contribution is -0.386. The summed E-state index contributed by atoms with van der Waals surface area (Å²) in [7, 11) is 0. The van der Waals surface area contributed by atoms with E-state index in [1.54, 1.807) is 6.20 Å². The van der Waals surface area contributed by atoms with E-state index in [0.717, 1.165) is 39.8 Å². The van der Waals surface area contributed by atoms with E-state index in [4.69, 9.17) is 10.8 Å². The highest BCUT2D eigenvalue weighted by Crippen LogP contribution is 2.34. The Balaban J connectivity index is 0.00000210. The van der Waals surface area contributed by atoms with E-state index >= 15 is 0 Å². The highest BCUT2D eigenvalue weighted by molar-refractivity contribution is 5.96. The third-order valence-corrected chi connectivity index (χ3v) is 4.48. The van der Waals surface area contributed by atoms with Gasteiger partial charge in [-0.05, 0) is 17.7 Å². The van der Waals surface area contributed by atoms with E-state index in [-0.39, 0.29) is 12.4 Å². The number of fused-ring (bicyclic) bond motifs is 1. The molecule has 4 rings (SSSR count). The van der Waals surface area contributed by atoms with Crippen molar-refractivity contribution in [1.82, 2.24) is 9.97 Å². The van der Waals surface area contributed by atoms with Crippen LogP contribution in [0.25, 0.3) is 33.3 Å². The topological polar surface area (TPSA) is 91.5 Å². The third-order valence-electron chi connectivity index (χ3n) is 4.48. The predicted molar refractivity (Wildman–Crippen MR) is 105 cm³/mol. The first-order valence-corrected chi connectivity index (χ1v) is 8.50. The molecule has 2 heterocycles. The van der Waals surface area contributed by atoms with E-state index in [9.17, 15) is 0 Å². The average Bonchev–Trinajstić information content (AvgIpc) is 2.73. The molecule has 0 aliphatic carbocycles. The van der Waals surface area contributed by atoms with Gasteiger partial charge in [-0.15, -0.1) is 0 Å². The van der Waals surface area contributed by atoms with E-state index < -0.39 is 0 Å². The summed E-state index contributed by atoms with van der Waals surface area (Å²) >= 11 is 0. The summed E-state index contributed by atoms with van der Waals surface area (Å²) in [6.07, 6.45) is 1.71. The second-order valence-corrected chi connectivity index (χ2v) is 6.07. The molecule has 0 atom stereocenters. The molecule has 2 aromatic carbocycles. The summed E-state index contributed by atoms with van der Waals surface area (Å²) in [5, 5.41) is 0.895. The zero-order valence-corrected chi connectivity index (χ0v) is 15.4. The highest BCUT2D eigenvalue weighted by atomic mass is 35.5. The van der Waals surface area contributed by atoms with Gasteiger partial charge in [0.05, 0.1) is 17.8 Å². The van der Waals surface area contributed by atoms with Gasteiger partial charge >= 0.3 is 0 Å². The number of hydrazine groups is 1. The fourth-order valence-electron chi connectivity index (χ4n) is 3.10. The van der Waals surface area contributed by atoms with Gasteiger partial charge in [0.2, 0.25) is 0 Å². The van der Waals surface area contributed by atoms with Crippen LogP contribution in [0.4, 0.5) is 5.82 Å². The smallest absolute Gasteiger partial charge is 0.149 e. The quantitative estimate of drug-likeness (QED) is 0.345. The van der Waals surface area contributed by atoms with Crippen LogP contribution in [0.15, 0.2) is 72.9 Å². The average molecular weight is 378 g/mol. The van der Waals surface area contributed by atoms with Gasteiger partial charge in [0.15, 0.2) is 0 Å². The molecule has 27 heavy (non-hydrogen) atoms. The number of nitrogens with two attached hydrogens (primary N) is 1. The summed E-state index contributed by atoms with van der Waals surface area (Å²) < 4.78 is 0. The molecule has 0 spiro atoms. The van der Waals surface area contributed by atoms with Crippen molar-refractivity contribution in [1.29, 1.82) is 0 Å². The molecule has 4 aromatic rings. The number of halogens is 1. The van der Waals surface area contributed by atoms with Crippen molar-refractivity contribution < 1.29 is 18.1 Å². The molecule has 0 saturated carbocycles. The number of aromatic nitrogens is 2. The Morgan fingerprint density at radius 3 is 2.33 bits per heavy atom. The molecule has 2 aromatic heterocycles. The van der Waals surface area contributed by atoms with E-state index in [1.807, 2.05) is 24.3 Å². The molecule has 0 amide bonds. The molecule has 0 unspecified atom stereocenters. The van der Waals surface area contributed by atoms with Gasteiger partial charge in [-0.3, -0.25) is 0 Å². The zero-order chi connectivity index (χ0) is 17.9. The monoisotopic (exact) mass is 377 g/mol. The maximum atomic E-state index is 5.64. The van der Waals surface area contributed by atoms with Crippen molar-refractivity contribution in [3.8, 4) is 22.4 Å². The number of nitrogens with one attached hydrogen (secondary N) is 1. The van der Waals surface area contributed by atoms with Crippen LogP contribution >= 0.6 is 0 Å². The number of anilines is 1. The van der Waals surface area contributed by atoms with Crippen molar-refractivity contribution in [2.75, 3.05) is 5.43 Å². The van der Waals surface area contributed by atoms with Gasteiger partial charge in [0.25, 0.3) is 0 Å². The molecule has 136 valence electrons. The van der Waals surface area contributed by atoms with E-state index in [0.29, 0.717) is 5.82 Å². The Morgan fingerprint density at radius 2 is 1.67 bits per heavy atom. The SMILES string of the molecule is NNc1nccc2nc(-c3ccc(C[NH3+])cc3)c(-c3ccccc3)cc12.[Cl-]. The molecule has 0 saturated heterocycles. The normalized spacial score (nSPS) is 10.4. The Labute approximate surface area is 163 Å². The van der Waals surface area contributed by atoms with Gasteiger partial charge in [-0.25, -0.2) is 15.8 Å². The van der Waals surface area contributed by atoms with E-state index in [2.05, 4.69) is 58.6 Å². The predicted octanol–water partition coefficient (Wildman–Crippen LogP) is -0.00470. The van der Waals surface area contributed by atoms with Gasteiger partial charge in [-0.2, -0.15) is 0 Å². The second kappa shape index (κ2) is 8.14. The highest BCUT2D eigenvalue weighted by Gasteiger charge is 2.13. The van der Waals surface area contributed by atoms with Gasteiger partial charge in [0, 0.05) is 28.3 Å². The lowest BCUT2D eigenvalue weighted by atomic mass is 9.97. The standard InChI is InChI=1S/C21H19N5.ClH/c22-13-14-6-8-16(9-7-14)20-17(15-4-2-1-3-5-15)12-18-19(25-20)10-11-24-21(18)26-23;/h1-12H,13,22-23H2,(H,24,26);1H. The fraction of sp³-hybridized carbons (Fsp3) is 0.0476. The van der Waals surface area contributed by atoms with Crippen LogP contribution < -0.4 is 29.4 Å². The van der Waals surface area contributed by atoms with Crippen LogP contribution in [0.1, 0.15) is 5.56 Å². The molecule has 6 N–H and O–H groups in total. The Bertz CT molecular complexity index is 1050. The molecule has 5 nitrogen and oxygen atoms in total. The first kappa shape index (κ1) is 18.8. The number of benzene rings is 2. The molecular formula is C21H20ClN5. The Morgan fingerprint density at radius 1 is 0.926 bits per heavy atom. The number of hydrogen-bond acceptors (Lipinski definition) is 4. The first-order valence-electron chi connectivity index (χ1n) is 8.50. The van der Waals surface area contributed by atoms with Crippen LogP contribution in [0, 0.1) is 0 Å². The maximum Gasteiger partial charge on any atom is 0.149 e. The molecule has 6 heteroatoms.